The normalized spacial score (nSPS) is 14.9. The van der Waals surface area contributed by atoms with Crippen molar-refractivity contribution in [1.29, 1.82) is 0 Å². The minimum atomic E-state index is 0.337. The zero-order chi connectivity index (χ0) is 15.4. The van der Waals surface area contributed by atoms with Gasteiger partial charge in [0.15, 0.2) is 0 Å². The fourth-order valence-electron chi connectivity index (χ4n) is 3.10. The van der Waals surface area contributed by atoms with Crippen molar-refractivity contribution in [2.24, 2.45) is 5.92 Å². The van der Waals surface area contributed by atoms with Gasteiger partial charge in [-0.25, -0.2) is 0 Å². The predicted octanol–water partition coefficient (Wildman–Crippen LogP) is 3.24. The summed E-state index contributed by atoms with van der Waals surface area (Å²) in [5.41, 5.74) is 4.93. The highest BCUT2D eigenvalue weighted by atomic mass is 15.1. The topological polar surface area (TPSA) is 28.2 Å². The average Bonchev–Trinajstić information content (AvgIpc) is 2.26. The molecule has 3 nitrogen and oxygen atoms in total. The summed E-state index contributed by atoms with van der Waals surface area (Å²) in [6.07, 6.45) is 0. The molecule has 0 bridgehead atoms. The van der Waals surface area contributed by atoms with Gasteiger partial charge in [-0.1, -0.05) is 13.8 Å². The smallest absolute Gasteiger partial charge is 0.0426 e. The molecule has 114 valence electrons. The average molecular weight is 277 g/mol. The van der Waals surface area contributed by atoms with Crippen LogP contribution in [0.1, 0.15) is 49.3 Å². The maximum absolute atomic E-state index is 4.60. The molecule has 1 aromatic heterocycles. The van der Waals surface area contributed by atoms with Crippen LogP contribution in [-0.4, -0.2) is 36.6 Å². The van der Waals surface area contributed by atoms with E-state index >= 15 is 0 Å². The largest absolute Gasteiger partial charge is 0.309 e. The number of hydrogen-bond acceptors (Lipinski definition) is 3. The number of hydrogen-bond donors (Lipinski definition) is 1. The van der Waals surface area contributed by atoms with Crippen LogP contribution < -0.4 is 5.32 Å². The van der Waals surface area contributed by atoms with Gasteiger partial charge in [-0.15, -0.1) is 0 Å². The molecule has 0 amide bonds. The van der Waals surface area contributed by atoms with E-state index in [0.717, 1.165) is 17.9 Å². The molecule has 0 aliphatic carbocycles. The van der Waals surface area contributed by atoms with Gasteiger partial charge in [0.25, 0.3) is 0 Å². The molecule has 0 aliphatic rings. The summed E-state index contributed by atoms with van der Waals surface area (Å²) in [6, 6.07) is 3.06. The first-order valence-corrected chi connectivity index (χ1v) is 7.58. The van der Waals surface area contributed by atoms with Crippen molar-refractivity contribution in [3.63, 3.8) is 0 Å². The van der Waals surface area contributed by atoms with Gasteiger partial charge in [0, 0.05) is 30.0 Å². The van der Waals surface area contributed by atoms with Crippen molar-refractivity contribution in [3.8, 4) is 0 Å². The standard InChI is InChI=1S/C17H31N3/c1-11(2)16(20(7)8)10-18-14(5)17-12(3)9-13(4)19-15(17)6/h9,11,14,16,18H,10H2,1-8H3. The van der Waals surface area contributed by atoms with E-state index in [1.807, 2.05) is 0 Å². The monoisotopic (exact) mass is 277 g/mol. The quantitative estimate of drug-likeness (QED) is 0.865. The van der Waals surface area contributed by atoms with E-state index in [2.05, 4.69) is 76.9 Å². The Labute approximate surface area is 124 Å². The van der Waals surface area contributed by atoms with Crippen LogP contribution in [-0.2, 0) is 0 Å². The Balaban J connectivity index is 2.79. The van der Waals surface area contributed by atoms with Gasteiger partial charge in [0.05, 0.1) is 0 Å². The van der Waals surface area contributed by atoms with E-state index in [0.29, 0.717) is 18.0 Å². The van der Waals surface area contributed by atoms with E-state index in [1.165, 1.54) is 11.1 Å². The molecule has 0 saturated heterocycles. The first-order valence-electron chi connectivity index (χ1n) is 7.58. The number of aryl methyl sites for hydroxylation is 3. The number of nitrogens with one attached hydrogen (secondary N) is 1. The maximum atomic E-state index is 4.60. The Kier molecular flexibility index (Phi) is 6.15. The molecule has 2 unspecified atom stereocenters. The molecule has 0 radical (unpaired) electrons. The second-order valence-electron chi connectivity index (χ2n) is 6.48. The second kappa shape index (κ2) is 7.19. The van der Waals surface area contributed by atoms with Crippen LogP contribution in [0.25, 0.3) is 0 Å². The molecule has 1 heterocycles. The van der Waals surface area contributed by atoms with Crippen LogP contribution in [0, 0.1) is 26.7 Å². The SMILES string of the molecule is Cc1cc(C)c(C(C)NCC(C(C)C)N(C)C)c(C)n1. The van der Waals surface area contributed by atoms with Gasteiger partial charge in [0.1, 0.15) is 0 Å². The highest BCUT2D eigenvalue weighted by Gasteiger charge is 2.18. The van der Waals surface area contributed by atoms with E-state index < -0.39 is 0 Å². The summed E-state index contributed by atoms with van der Waals surface area (Å²) in [6.45, 7) is 14.1. The molecule has 3 heteroatoms. The summed E-state index contributed by atoms with van der Waals surface area (Å²) >= 11 is 0. The minimum Gasteiger partial charge on any atom is -0.309 e. The fraction of sp³-hybridized carbons (Fsp3) is 0.706. The number of aromatic nitrogens is 1. The molecule has 2 atom stereocenters. The lowest BCUT2D eigenvalue weighted by molar-refractivity contribution is 0.219. The minimum absolute atomic E-state index is 0.337. The molecule has 1 N–H and O–H groups in total. The summed E-state index contributed by atoms with van der Waals surface area (Å²) in [7, 11) is 4.31. The van der Waals surface area contributed by atoms with Crippen LogP contribution >= 0.6 is 0 Å². The van der Waals surface area contributed by atoms with E-state index in [4.69, 9.17) is 0 Å². The lowest BCUT2D eigenvalue weighted by Crippen LogP contribution is -2.42. The van der Waals surface area contributed by atoms with Crippen LogP contribution in [0.5, 0.6) is 0 Å². The van der Waals surface area contributed by atoms with Gasteiger partial charge < -0.3 is 10.2 Å². The van der Waals surface area contributed by atoms with Gasteiger partial charge in [-0.3, -0.25) is 4.98 Å². The molecule has 1 rings (SSSR count). The second-order valence-corrected chi connectivity index (χ2v) is 6.48. The summed E-state index contributed by atoms with van der Waals surface area (Å²) in [4.78, 5) is 6.91. The Morgan fingerprint density at radius 2 is 1.75 bits per heavy atom. The Bertz CT molecular complexity index is 407. The van der Waals surface area contributed by atoms with Gasteiger partial charge in [0.2, 0.25) is 0 Å². The first kappa shape index (κ1) is 17.1. The van der Waals surface area contributed by atoms with Crippen LogP contribution in [0.3, 0.4) is 0 Å². The Hall–Kier alpha value is -0.930. The molecule has 0 aromatic carbocycles. The summed E-state index contributed by atoms with van der Waals surface area (Å²) in [5, 5.41) is 3.68. The summed E-state index contributed by atoms with van der Waals surface area (Å²) < 4.78 is 0. The molecule has 20 heavy (non-hydrogen) atoms. The third-order valence-electron chi connectivity index (χ3n) is 4.08. The maximum Gasteiger partial charge on any atom is 0.0426 e. The lowest BCUT2D eigenvalue weighted by atomic mass is 9.98. The number of nitrogens with zero attached hydrogens (tertiary/aromatic N) is 2. The van der Waals surface area contributed by atoms with Crippen molar-refractivity contribution in [1.82, 2.24) is 15.2 Å². The predicted molar refractivity (Wildman–Crippen MR) is 87.2 cm³/mol. The third-order valence-corrected chi connectivity index (χ3v) is 4.08. The third kappa shape index (κ3) is 4.29. The van der Waals surface area contributed by atoms with Gasteiger partial charge >= 0.3 is 0 Å². The van der Waals surface area contributed by atoms with Crippen LogP contribution in [0.15, 0.2) is 6.07 Å². The number of likely N-dealkylation sites (N-methyl/N-ethyl adjacent to an activating group) is 1. The van der Waals surface area contributed by atoms with Gasteiger partial charge in [-0.2, -0.15) is 0 Å². The van der Waals surface area contributed by atoms with Crippen LogP contribution in [0.4, 0.5) is 0 Å². The van der Waals surface area contributed by atoms with E-state index in [1.54, 1.807) is 0 Å². The zero-order valence-corrected chi connectivity index (χ0v) is 14.4. The van der Waals surface area contributed by atoms with Crippen molar-refractivity contribution >= 4 is 0 Å². The molecule has 1 aromatic rings. The first-order chi connectivity index (χ1) is 9.23. The molecular weight excluding hydrogens is 246 g/mol. The van der Waals surface area contributed by atoms with Crippen LogP contribution in [0.2, 0.25) is 0 Å². The van der Waals surface area contributed by atoms with E-state index in [-0.39, 0.29) is 0 Å². The molecule has 0 aliphatic heterocycles. The Morgan fingerprint density at radius 3 is 2.20 bits per heavy atom. The van der Waals surface area contributed by atoms with E-state index in [9.17, 15) is 0 Å². The molecule has 0 spiro atoms. The molecular formula is C17H31N3. The van der Waals surface area contributed by atoms with Crippen molar-refractivity contribution in [3.05, 3.63) is 28.6 Å². The number of rotatable bonds is 6. The summed E-state index contributed by atoms with van der Waals surface area (Å²) in [5.74, 6) is 0.642. The highest BCUT2D eigenvalue weighted by molar-refractivity contribution is 5.33. The number of pyridine rings is 1. The van der Waals surface area contributed by atoms with Crippen molar-refractivity contribution in [2.45, 2.75) is 53.6 Å². The fourth-order valence-corrected chi connectivity index (χ4v) is 3.10. The zero-order valence-electron chi connectivity index (χ0n) is 14.4. The Morgan fingerprint density at radius 1 is 1.15 bits per heavy atom. The van der Waals surface area contributed by atoms with Crippen molar-refractivity contribution in [2.75, 3.05) is 20.6 Å². The van der Waals surface area contributed by atoms with Gasteiger partial charge in [-0.05, 0) is 64.9 Å². The molecule has 0 fully saturated rings. The lowest BCUT2D eigenvalue weighted by Gasteiger charge is -2.30. The molecule has 0 saturated carbocycles. The highest BCUT2D eigenvalue weighted by Crippen LogP contribution is 2.21. The van der Waals surface area contributed by atoms with Crippen molar-refractivity contribution < 1.29 is 0 Å².